The molecule has 5 rings (SSSR count). The number of hydrogen-bond acceptors (Lipinski definition) is 4. The van der Waals surface area contributed by atoms with Crippen molar-refractivity contribution in [3.63, 3.8) is 0 Å². The summed E-state index contributed by atoms with van der Waals surface area (Å²) in [6.07, 6.45) is 23.0. The molecule has 4 aliphatic carbocycles. The van der Waals surface area contributed by atoms with E-state index in [-0.39, 0.29) is 5.92 Å². The van der Waals surface area contributed by atoms with E-state index in [0.29, 0.717) is 40.8 Å². The van der Waals surface area contributed by atoms with E-state index in [1.165, 1.54) is 25.7 Å². The van der Waals surface area contributed by atoms with Gasteiger partial charge in [0, 0.05) is 24.7 Å². The number of aliphatic hydroxyl groups excluding tert-OH is 2. The largest absolute Gasteiger partial charge is 0.393 e. The van der Waals surface area contributed by atoms with E-state index in [2.05, 4.69) is 73.8 Å². The van der Waals surface area contributed by atoms with E-state index in [4.69, 9.17) is 0 Å². The average Bonchev–Trinajstić information content (AvgIpc) is 3.64. The summed E-state index contributed by atoms with van der Waals surface area (Å²) < 4.78 is 0.676. The highest BCUT2D eigenvalue weighted by atomic mass is 32.1. The fourth-order valence-electron chi connectivity index (χ4n) is 7.98. The lowest BCUT2D eigenvalue weighted by atomic mass is 9.61. The SMILES string of the molecule is C=C1/C(=C\C=C2/CCCC3(C)C2CC[C@@H]3[C@H](C)/C=C/[C@@H](C)C2(O)CCCC2)C[C@@H](O)C[C@@H]1O.S=c1[nH]cc[nH]1. The number of aliphatic hydroxyl groups is 3. The molecule has 0 radical (unpaired) electrons. The molecule has 4 aliphatic rings. The van der Waals surface area contributed by atoms with Crippen molar-refractivity contribution in [2.24, 2.45) is 29.1 Å². The molecule has 0 amide bonds. The van der Waals surface area contributed by atoms with Gasteiger partial charge in [-0.15, -0.1) is 0 Å². The predicted molar refractivity (Wildman–Crippen MR) is 162 cm³/mol. The monoisotopic (exact) mass is 554 g/mol. The summed E-state index contributed by atoms with van der Waals surface area (Å²) in [5.74, 6) is 2.05. The van der Waals surface area contributed by atoms with Crippen LogP contribution in [0.15, 0.2) is 60.0 Å². The van der Waals surface area contributed by atoms with Gasteiger partial charge in [-0.3, -0.25) is 0 Å². The van der Waals surface area contributed by atoms with E-state index >= 15 is 0 Å². The third-order valence-electron chi connectivity index (χ3n) is 10.5. The third kappa shape index (κ3) is 6.95. The van der Waals surface area contributed by atoms with Crippen LogP contribution in [0.1, 0.15) is 91.4 Å². The van der Waals surface area contributed by atoms with Crippen molar-refractivity contribution in [1.82, 2.24) is 9.97 Å². The van der Waals surface area contributed by atoms with E-state index in [1.54, 1.807) is 18.0 Å². The van der Waals surface area contributed by atoms with Crippen LogP contribution in [-0.2, 0) is 0 Å². The Kier molecular flexibility index (Phi) is 9.96. The number of allylic oxidation sites excluding steroid dienone is 4. The Morgan fingerprint density at radius 1 is 1.03 bits per heavy atom. The average molecular weight is 555 g/mol. The molecule has 0 spiro atoms. The van der Waals surface area contributed by atoms with Gasteiger partial charge in [-0.25, -0.2) is 0 Å². The van der Waals surface area contributed by atoms with Crippen LogP contribution in [-0.4, -0.2) is 43.1 Å². The van der Waals surface area contributed by atoms with Gasteiger partial charge in [0.15, 0.2) is 4.77 Å². The maximum Gasteiger partial charge on any atom is 0.174 e. The normalized spacial score (nSPS) is 36.1. The van der Waals surface area contributed by atoms with Crippen molar-refractivity contribution in [2.75, 3.05) is 0 Å². The molecule has 0 aromatic carbocycles. The summed E-state index contributed by atoms with van der Waals surface area (Å²) in [5, 5.41) is 31.2. The molecule has 6 heteroatoms. The molecule has 0 aliphatic heterocycles. The highest BCUT2D eigenvalue weighted by Gasteiger charge is 2.50. The van der Waals surface area contributed by atoms with Gasteiger partial charge in [-0.1, -0.05) is 70.1 Å². The Morgan fingerprint density at radius 3 is 2.36 bits per heavy atom. The van der Waals surface area contributed by atoms with Crippen LogP contribution >= 0.6 is 12.2 Å². The summed E-state index contributed by atoms with van der Waals surface area (Å²) in [6, 6.07) is 0. The second kappa shape index (κ2) is 12.8. The predicted octanol–water partition coefficient (Wildman–Crippen LogP) is 7.33. The standard InChI is InChI=1S/C30H46O3.C3H4N2S/c1-20(9-10-21(2)30(33)16-5-6-17-30)26-13-14-27-23(8-7-15-29(26,27)4)11-12-24-18-25(31)19-28(32)22(24)3;6-3-4-1-2-5-3/h9-12,20-21,25-28,31-33H,3,5-8,13-19H2,1-2,4H3;1-2H,(H2,4,5,6)/b10-9+,23-11+,24-12-;/t20-,21-,25-,26-,27?,28+,29?;/m1./s1. The topological polar surface area (TPSA) is 92.3 Å². The van der Waals surface area contributed by atoms with E-state index in [9.17, 15) is 15.3 Å². The Hall–Kier alpha value is -1.73. The molecule has 39 heavy (non-hydrogen) atoms. The minimum Gasteiger partial charge on any atom is -0.393 e. The first kappa shape index (κ1) is 30.2. The van der Waals surface area contributed by atoms with Gasteiger partial charge in [0.2, 0.25) is 0 Å². The lowest BCUT2D eigenvalue weighted by Gasteiger charge is -2.44. The third-order valence-corrected chi connectivity index (χ3v) is 10.7. The Bertz CT molecular complexity index is 1110. The van der Waals surface area contributed by atoms with Crippen molar-refractivity contribution >= 4 is 12.2 Å². The summed E-state index contributed by atoms with van der Waals surface area (Å²) in [4.78, 5) is 5.52. The van der Waals surface area contributed by atoms with Crippen molar-refractivity contribution in [3.05, 3.63) is 64.8 Å². The molecule has 4 saturated carbocycles. The Labute approximate surface area is 240 Å². The molecule has 1 aromatic heterocycles. The number of fused-ring (bicyclic) bond motifs is 1. The molecule has 216 valence electrons. The number of nitrogens with one attached hydrogen (secondary N) is 2. The van der Waals surface area contributed by atoms with Crippen LogP contribution in [0, 0.1) is 33.9 Å². The minimum atomic E-state index is -0.622. The van der Waals surface area contributed by atoms with Gasteiger partial charge >= 0.3 is 0 Å². The number of aromatic amines is 2. The van der Waals surface area contributed by atoms with E-state index in [1.807, 2.05) is 0 Å². The van der Waals surface area contributed by atoms with Gasteiger partial charge in [0.05, 0.1) is 17.8 Å². The van der Waals surface area contributed by atoms with Crippen LogP contribution in [0.3, 0.4) is 0 Å². The first-order chi connectivity index (χ1) is 18.5. The molecule has 4 fully saturated rings. The van der Waals surface area contributed by atoms with Gasteiger partial charge in [-0.05, 0) is 97.9 Å². The van der Waals surface area contributed by atoms with Crippen molar-refractivity contribution in [3.8, 4) is 0 Å². The first-order valence-electron chi connectivity index (χ1n) is 15.1. The van der Waals surface area contributed by atoms with Gasteiger partial charge in [-0.2, -0.15) is 0 Å². The molecule has 0 bridgehead atoms. The van der Waals surface area contributed by atoms with Gasteiger partial charge in [0.25, 0.3) is 0 Å². The summed E-state index contributed by atoms with van der Waals surface area (Å²) in [6.45, 7) is 11.2. The van der Waals surface area contributed by atoms with E-state index in [0.717, 1.165) is 43.3 Å². The van der Waals surface area contributed by atoms with Crippen LogP contribution in [0.5, 0.6) is 0 Å². The number of imidazole rings is 1. The fraction of sp³-hybridized carbons (Fsp3) is 0.667. The maximum atomic E-state index is 10.9. The summed E-state index contributed by atoms with van der Waals surface area (Å²) in [5.41, 5.74) is 3.16. The Morgan fingerprint density at radius 2 is 1.72 bits per heavy atom. The fourth-order valence-corrected chi connectivity index (χ4v) is 8.12. The van der Waals surface area contributed by atoms with Crippen LogP contribution in [0.2, 0.25) is 0 Å². The summed E-state index contributed by atoms with van der Waals surface area (Å²) in [7, 11) is 0. The molecule has 2 unspecified atom stereocenters. The van der Waals surface area contributed by atoms with Crippen LogP contribution in [0.4, 0.5) is 0 Å². The molecular weight excluding hydrogens is 504 g/mol. The molecule has 0 saturated heterocycles. The maximum absolute atomic E-state index is 10.9. The molecule has 7 atom stereocenters. The minimum absolute atomic E-state index is 0.232. The molecule has 1 heterocycles. The smallest absolute Gasteiger partial charge is 0.174 e. The zero-order valence-electron chi connectivity index (χ0n) is 24.2. The van der Waals surface area contributed by atoms with Gasteiger partial charge in [0.1, 0.15) is 0 Å². The number of aromatic nitrogens is 2. The quantitative estimate of drug-likeness (QED) is 0.195. The highest BCUT2D eigenvalue weighted by molar-refractivity contribution is 7.71. The zero-order valence-corrected chi connectivity index (χ0v) is 25.0. The first-order valence-corrected chi connectivity index (χ1v) is 15.5. The molecule has 5 nitrogen and oxygen atoms in total. The zero-order chi connectivity index (χ0) is 28.2. The van der Waals surface area contributed by atoms with Crippen molar-refractivity contribution in [1.29, 1.82) is 0 Å². The number of hydrogen-bond donors (Lipinski definition) is 5. The lowest BCUT2D eigenvalue weighted by molar-refractivity contribution is 0.0124. The van der Waals surface area contributed by atoms with Crippen molar-refractivity contribution in [2.45, 2.75) is 109 Å². The highest BCUT2D eigenvalue weighted by Crippen LogP contribution is 2.59. The number of rotatable bonds is 5. The molecular formula is C33H50N2O3S. The number of H-pyrrole nitrogens is 2. The van der Waals surface area contributed by atoms with Crippen molar-refractivity contribution < 1.29 is 15.3 Å². The molecule has 5 N–H and O–H groups in total. The second-order valence-electron chi connectivity index (χ2n) is 13.0. The van der Waals surface area contributed by atoms with Crippen LogP contribution < -0.4 is 0 Å². The lowest BCUT2D eigenvalue weighted by Crippen LogP contribution is -2.36. The van der Waals surface area contributed by atoms with E-state index < -0.39 is 17.8 Å². The molecule has 1 aromatic rings. The summed E-state index contributed by atoms with van der Waals surface area (Å²) >= 11 is 4.63. The second-order valence-corrected chi connectivity index (χ2v) is 13.4. The van der Waals surface area contributed by atoms with Crippen LogP contribution in [0.25, 0.3) is 0 Å². The van der Waals surface area contributed by atoms with Gasteiger partial charge < -0.3 is 25.3 Å². The Balaban J connectivity index is 0.000000519.